The van der Waals surface area contributed by atoms with Crippen LogP contribution in [0.25, 0.3) is 0 Å². The number of aliphatic hydroxyl groups is 1. The summed E-state index contributed by atoms with van der Waals surface area (Å²) in [5, 5.41) is 19.4. The predicted octanol–water partition coefficient (Wildman–Crippen LogP) is 3.88. The van der Waals surface area contributed by atoms with Crippen LogP contribution in [0.4, 0.5) is 4.39 Å². The van der Waals surface area contributed by atoms with Crippen LogP contribution in [0.1, 0.15) is 58.8 Å². The summed E-state index contributed by atoms with van der Waals surface area (Å²) in [6.07, 6.45) is 4.64. The molecular formula is C24H40FN3O3. The van der Waals surface area contributed by atoms with Crippen LogP contribution in [0.15, 0.2) is 10.3 Å². The van der Waals surface area contributed by atoms with E-state index in [2.05, 4.69) is 24.2 Å². The number of alkyl halides is 1. The number of halogens is 1. The molecule has 1 N–H and O–H groups in total. The summed E-state index contributed by atoms with van der Waals surface area (Å²) in [7, 11) is 5.55. The molecule has 4 rings (SSSR count). The lowest BCUT2D eigenvalue weighted by Gasteiger charge is -2.60. The Morgan fingerprint density at radius 1 is 1.06 bits per heavy atom. The molecule has 4 fully saturated rings. The van der Waals surface area contributed by atoms with Crippen molar-refractivity contribution in [3.05, 3.63) is 0 Å². The molecule has 4 saturated carbocycles. The Kier molecular flexibility index (Phi) is 6.39. The fraction of sp³-hybridized carbons (Fsp3) is 0.917. The molecule has 8 atom stereocenters. The summed E-state index contributed by atoms with van der Waals surface area (Å²) in [4.78, 5) is 12.7. The zero-order valence-electron chi connectivity index (χ0n) is 19.8. The van der Waals surface area contributed by atoms with Crippen molar-refractivity contribution in [2.24, 2.45) is 44.8 Å². The van der Waals surface area contributed by atoms with Crippen LogP contribution in [0.5, 0.6) is 0 Å². The van der Waals surface area contributed by atoms with Crippen molar-refractivity contribution in [2.75, 3.05) is 34.4 Å². The zero-order valence-corrected chi connectivity index (χ0v) is 19.8. The van der Waals surface area contributed by atoms with Gasteiger partial charge in [-0.15, -0.1) is 0 Å². The first-order chi connectivity index (χ1) is 14.7. The molecule has 0 bridgehead atoms. The van der Waals surface area contributed by atoms with Gasteiger partial charge in [0.25, 0.3) is 0 Å². The molecule has 0 aromatic rings. The van der Waals surface area contributed by atoms with Crippen LogP contribution in [0, 0.1) is 34.5 Å². The highest BCUT2D eigenvalue weighted by molar-refractivity contribution is 5.97. The molecule has 0 heterocycles. The van der Waals surface area contributed by atoms with Crippen LogP contribution in [-0.4, -0.2) is 68.1 Å². The summed E-state index contributed by atoms with van der Waals surface area (Å²) in [6, 6.07) is 0. The van der Waals surface area contributed by atoms with Gasteiger partial charge in [-0.05, 0) is 81.2 Å². The van der Waals surface area contributed by atoms with E-state index in [1.165, 1.54) is 0 Å². The van der Waals surface area contributed by atoms with E-state index in [1.54, 1.807) is 7.11 Å². The van der Waals surface area contributed by atoms with E-state index in [1.807, 2.05) is 19.0 Å². The van der Waals surface area contributed by atoms with E-state index >= 15 is 4.39 Å². The Balaban J connectivity index is 1.59. The number of hydrogen-bond acceptors (Lipinski definition) is 6. The first-order valence-electron chi connectivity index (χ1n) is 12.0. The number of oxime groups is 2. The molecule has 31 heavy (non-hydrogen) atoms. The van der Waals surface area contributed by atoms with E-state index in [4.69, 9.17) is 9.68 Å². The summed E-state index contributed by atoms with van der Waals surface area (Å²) in [5.41, 5.74) is 1.38. The number of hydrogen-bond donors (Lipinski definition) is 1. The highest BCUT2D eigenvalue weighted by Gasteiger charge is 2.62. The minimum absolute atomic E-state index is 0.0147. The lowest BCUT2D eigenvalue weighted by atomic mass is 9.44. The number of likely N-dealkylation sites (N-methyl/N-ethyl adjacent to an activating group) is 1. The first kappa shape index (κ1) is 23.0. The van der Waals surface area contributed by atoms with Gasteiger partial charge in [-0.1, -0.05) is 24.2 Å². The Bertz CT molecular complexity index is 729. The zero-order chi connectivity index (χ0) is 22.4. The topological polar surface area (TPSA) is 66.6 Å². The summed E-state index contributed by atoms with van der Waals surface area (Å²) in [5.74, 6) is 1.50. The Hall–Kier alpha value is -1.21. The lowest BCUT2D eigenvalue weighted by molar-refractivity contribution is -0.0899. The van der Waals surface area contributed by atoms with Crippen molar-refractivity contribution < 1.29 is 19.2 Å². The van der Waals surface area contributed by atoms with Crippen LogP contribution in [-0.2, 0) is 9.68 Å². The van der Waals surface area contributed by atoms with Gasteiger partial charge in [-0.3, -0.25) is 0 Å². The molecule has 0 aromatic carbocycles. The van der Waals surface area contributed by atoms with Gasteiger partial charge < -0.3 is 19.7 Å². The van der Waals surface area contributed by atoms with Crippen molar-refractivity contribution in [3.8, 4) is 0 Å². The Labute approximate surface area is 186 Å². The van der Waals surface area contributed by atoms with E-state index in [0.29, 0.717) is 42.9 Å². The second-order valence-corrected chi connectivity index (χ2v) is 11.1. The molecular weight excluding hydrogens is 397 g/mol. The molecule has 0 aliphatic heterocycles. The van der Waals surface area contributed by atoms with Gasteiger partial charge in [-0.2, -0.15) is 0 Å². The predicted molar refractivity (Wildman–Crippen MR) is 120 cm³/mol. The third-order valence-corrected chi connectivity index (χ3v) is 9.29. The molecule has 176 valence electrons. The molecule has 0 radical (unpaired) electrons. The van der Waals surface area contributed by atoms with Crippen LogP contribution < -0.4 is 0 Å². The third-order valence-electron chi connectivity index (χ3n) is 9.29. The largest absolute Gasteiger partial charge is 0.399 e. The highest BCUT2D eigenvalue weighted by Crippen LogP contribution is 2.65. The molecule has 0 aromatic heterocycles. The smallest absolute Gasteiger partial charge is 0.142 e. The fourth-order valence-corrected chi connectivity index (χ4v) is 7.54. The quantitative estimate of drug-likeness (QED) is 0.524. The second-order valence-electron chi connectivity index (χ2n) is 11.1. The third kappa shape index (κ3) is 3.90. The van der Waals surface area contributed by atoms with Crippen LogP contribution in [0.3, 0.4) is 0 Å². The second kappa shape index (κ2) is 8.62. The number of rotatable bonds is 5. The molecule has 4 aliphatic rings. The number of nitrogens with zero attached hydrogens (tertiary/aromatic N) is 3. The fourth-order valence-electron chi connectivity index (χ4n) is 7.54. The van der Waals surface area contributed by atoms with Crippen molar-refractivity contribution in [1.82, 2.24) is 4.90 Å². The van der Waals surface area contributed by atoms with Crippen LogP contribution >= 0.6 is 0 Å². The SMILES string of the molecule is CO/N=C1\C[C@H]2[C@@H]3CC[C@H](O)[C@@]3(C)CC[C@@H]2[C@@]2(C)C[C@@H](F)/C(=N/OCCN(C)C)CC12. The van der Waals surface area contributed by atoms with Gasteiger partial charge in [0.15, 0.2) is 0 Å². The molecule has 0 saturated heterocycles. The highest BCUT2D eigenvalue weighted by atomic mass is 19.1. The molecule has 6 nitrogen and oxygen atoms in total. The van der Waals surface area contributed by atoms with Crippen molar-refractivity contribution in [1.29, 1.82) is 0 Å². The van der Waals surface area contributed by atoms with Gasteiger partial charge in [0.1, 0.15) is 19.9 Å². The summed E-state index contributed by atoms with van der Waals surface area (Å²) < 4.78 is 15.4. The van der Waals surface area contributed by atoms with Gasteiger partial charge in [0.05, 0.1) is 17.5 Å². The lowest BCUT2D eigenvalue weighted by Crippen LogP contribution is -2.58. The summed E-state index contributed by atoms with van der Waals surface area (Å²) >= 11 is 0. The van der Waals surface area contributed by atoms with Gasteiger partial charge in [0, 0.05) is 18.9 Å². The Morgan fingerprint density at radius 3 is 2.52 bits per heavy atom. The van der Waals surface area contributed by atoms with E-state index in [-0.39, 0.29) is 22.9 Å². The number of fused-ring (bicyclic) bond motifs is 5. The average Bonchev–Trinajstić information content (AvgIpc) is 3.01. The maximum absolute atomic E-state index is 15.4. The standard InChI is InChI=1S/C24H40FN3O3/c1-23-9-8-17-15(16(23)6-7-22(23)29)12-20(26-30-5)18-13-21(19(25)14-24(17,18)2)27-31-11-10-28(3)4/h15-19,22,29H,6-14H2,1-5H3/b26-20+,27-21+/t15-,16-,17-,18?,19+,22-,23-,24+/m0/s1. The normalized spacial score (nSPS) is 47.2. The van der Waals surface area contributed by atoms with Gasteiger partial charge in [-0.25, -0.2) is 4.39 Å². The van der Waals surface area contributed by atoms with Crippen molar-refractivity contribution in [2.45, 2.75) is 71.1 Å². The average molecular weight is 438 g/mol. The van der Waals surface area contributed by atoms with E-state index < -0.39 is 6.17 Å². The maximum Gasteiger partial charge on any atom is 0.142 e. The molecule has 7 heteroatoms. The Morgan fingerprint density at radius 2 is 1.81 bits per heavy atom. The van der Waals surface area contributed by atoms with Gasteiger partial charge in [0.2, 0.25) is 0 Å². The van der Waals surface area contributed by atoms with E-state index in [0.717, 1.165) is 44.4 Å². The molecule has 1 unspecified atom stereocenters. The van der Waals surface area contributed by atoms with Crippen molar-refractivity contribution in [3.63, 3.8) is 0 Å². The van der Waals surface area contributed by atoms with Crippen molar-refractivity contribution >= 4 is 11.4 Å². The number of aliphatic hydroxyl groups excluding tert-OH is 1. The minimum Gasteiger partial charge on any atom is -0.399 e. The van der Waals surface area contributed by atoms with E-state index in [9.17, 15) is 5.11 Å². The molecule has 0 spiro atoms. The molecule has 0 amide bonds. The maximum atomic E-state index is 15.4. The van der Waals surface area contributed by atoms with Crippen LogP contribution in [0.2, 0.25) is 0 Å². The monoisotopic (exact) mass is 437 g/mol. The first-order valence-corrected chi connectivity index (χ1v) is 12.0. The molecule has 4 aliphatic carbocycles. The van der Waals surface area contributed by atoms with Gasteiger partial charge >= 0.3 is 0 Å². The summed E-state index contributed by atoms with van der Waals surface area (Å²) in [6.45, 7) is 5.74. The minimum atomic E-state index is -1.08.